The van der Waals surface area contributed by atoms with Crippen LogP contribution in [0.15, 0.2) is 10.5 Å². The second-order valence-electron chi connectivity index (χ2n) is 3.87. The first-order valence-corrected chi connectivity index (χ1v) is 6.31. The molecule has 5 heteroatoms. The molecule has 2 rings (SSSR count). The van der Waals surface area contributed by atoms with E-state index < -0.39 is 0 Å². The lowest BCUT2D eigenvalue weighted by molar-refractivity contribution is 0.369. The zero-order chi connectivity index (χ0) is 10.7. The second-order valence-corrected chi connectivity index (χ2v) is 5.08. The van der Waals surface area contributed by atoms with Gasteiger partial charge in [-0.1, -0.05) is 11.6 Å². The molecule has 82 valence electrons. The van der Waals surface area contributed by atoms with Gasteiger partial charge in [0.25, 0.3) is 0 Å². The number of hydrogen-bond acceptors (Lipinski definition) is 3. The molecule has 0 aliphatic carbocycles. The van der Waals surface area contributed by atoms with Crippen molar-refractivity contribution in [2.45, 2.75) is 19.3 Å². The van der Waals surface area contributed by atoms with Crippen LogP contribution in [0.2, 0.25) is 5.15 Å². The molecule has 0 atom stereocenters. The van der Waals surface area contributed by atoms with Crippen LogP contribution < -0.4 is 5.32 Å². The van der Waals surface area contributed by atoms with Crippen LogP contribution >= 0.6 is 27.5 Å². The van der Waals surface area contributed by atoms with Crippen molar-refractivity contribution in [3.8, 4) is 0 Å². The summed E-state index contributed by atoms with van der Waals surface area (Å²) in [7, 11) is 0. The lowest BCUT2D eigenvalue weighted by Gasteiger charge is -2.21. The second kappa shape index (κ2) is 5.23. The van der Waals surface area contributed by atoms with Gasteiger partial charge in [-0.2, -0.15) is 5.10 Å². The molecule has 1 saturated heterocycles. The fourth-order valence-corrected chi connectivity index (χ4v) is 2.31. The Kier molecular flexibility index (Phi) is 3.94. The van der Waals surface area contributed by atoms with Crippen molar-refractivity contribution in [3.05, 3.63) is 21.4 Å². The summed E-state index contributed by atoms with van der Waals surface area (Å²) in [6, 6.07) is 1.97. The van der Waals surface area contributed by atoms with Crippen LogP contribution in [0, 0.1) is 5.92 Å². The molecule has 15 heavy (non-hydrogen) atoms. The van der Waals surface area contributed by atoms with E-state index in [4.69, 9.17) is 11.6 Å². The van der Waals surface area contributed by atoms with E-state index in [2.05, 4.69) is 31.4 Å². The highest BCUT2D eigenvalue weighted by Crippen LogP contribution is 2.22. The average Bonchev–Trinajstić information content (AvgIpc) is 2.25. The Balaban J connectivity index is 2.00. The standard InChI is InChI=1S/C10H13BrClN3/c11-9-6-8(14-15-10(9)12)5-7-1-3-13-4-2-7/h6-7,13H,1-5H2. The van der Waals surface area contributed by atoms with Crippen LogP contribution in [0.25, 0.3) is 0 Å². The van der Waals surface area contributed by atoms with Crippen LogP contribution in [-0.2, 0) is 6.42 Å². The highest BCUT2D eigenvalue weighted by atomic mass is 79.9. The van der Waals surface area contributed by atoms with Gasteiger partial charge in [-0.3, -0.25) is 0 Å². The van der Waals surface area contributed by atoms with Crippen LogP contribution in [-0.4, -0.2) is 23.3 Å². The van der Waals surface area contributed by atoms with Crippen molar-refractivity contribution in [2.75, 3.05) is 13.1 Å². The number of hydrogen-bond donors (Lipinski definition) is 1. The third kappa shape index (κ3) is 3.13. The topological polar surface area (TPSA) is 37.8 Å². The minimum atomic E-state index is 0.434. The number of piperidine rings is 1. The summed E-state index contributed by atoms with van der Waals surface area (Å²) in [5.41, 5.74) is 1.03. The van der Waals surface area contributed by atoms with E-state index >= 15 is 0 Å². The zero-order valence-electron chi connectivity index (χ0n) is 8.34. The predicted octanol–water partition coefficient (Wildman–Crippen LogP) is 2.43. The number of aromatic nitrogens is 2. The molecule has 1 fully saturated rings. The van der Waals surface area contributed by atoms with Gasteiger partial charge >= 0.3 is 0 Å². The minimum Gasteiger partial charge on any atom is -0.317 e. The summed E-state index contributed by atoms with van der Waals surface area (Å²) in [5, 5.41) is 11.8. The highest BCUT2D eigenvalue weighted by Gasteiger charge is 2.14. The monoisotopic (exact) mass is 289 g/mol. The molecular weight excluding hydrogens is 277 g/mol. The molecule has 1 aromatic rings. The lowest BCUT2D eigenvalue weighted by atomic mass is 9.93. The molecule has 0 saturated carbocycles. The number of nitrogens with one attached hydrogen (secondary N) is 1. The molecule has 0 unspecified atom stereocenters. The fourth-order valence-electron chi connectivity index (χ4n) is 1.87. The van der Waals surface area contributed by atoms with Gasteiger partial charge in [-0.15, -0.1) is 5.10 Å². The molecule has 1 aromatic heterocycles. The summed E-state index contributed by atoms with van der Waals surface area (Å²) in [6.45, 7) is 2.24. The van der Waals surface area contributed by atoms with Crippen molar-refractivity contribution in [3.63, 3.8) is 0 Å². The molecule has 0 amide bonds. The fraction of sp³-hybridized carbons (Fsp3) is 0.600. The quantitative estimate of drug-likeness (QED) is 0.909. The first kappa shape index (κ1) is 11.3. The van der Waals surface area contributed by atoms with E-state index in [1.54, 1.807) is 0 Å². The molecule has 0 bridgehead atoms. The van der Waals surface area contributed by atoms with Gasteiger partial charge in [-0.05, 0) is 60.3 Å². The number of rotatable bonds is 2. The Morgan fingerprint density at radius 3 is 2.80 bits per heavy atom. The molecule has 1 aliphatic heterocycles. The maximum Gasteiger partial charge on any atom is 0.165 e. The zero-order valence-corrected chi connectivity index (χ0v) is 10.7. The van der Waals surface area contributed by atoms with Crippen LogP contribution in [0.1, 0.15) is 18.5 Å². The molecule has 2 heterocycles. The first-order valence-electron chi connectivity index (χ1n) is 5.14. The Morgan fingerprint density at radius 2 is 2.13 bits per heavy atom. The Hall–Kier alpha value is -0.190. The third-order valence-corrected chi connectivity index (χ3v) is 3.83. The molecule has 0 spiro atoms. The van der Waals surface area contributed by atoms with Gasteiger partial charge in [-0.25, -0.2) is 0 Å². The molecular formula is C10H13BrClN3. The van der Waals surface area contributed by atoms with Crippen molar-refractivity contribution in [2.24, 2.45) is 5.92 Å². The van der Waals surface area contributed by atoms with Gasteiger partial charge in [0.2, 0.25) is 0 Å². The van der Waals surface area contributed by atoms with E-state index in [9.17, 15) is 0 Å². The van der Waals surface area contributed by atoms with E-state index in [1.165, 1.54) is 12.8 Å². The predicted molar refractivity (Wildman–Crippen MR) is 64.0 cm³/mol. The summed E-state index contributed by atoms with van der Waals surface area (Å²) >= 11 is 9.16. The van der Waals surface area contributed by atoms with Crippen molar-refractivity contribution >= 4 is 27.5 Å². The summed E-state index contributed by atoms with van der Waals surface area (Å²) < 4.78 is 0.836. The summed E-state index contributed by atoms with van der Waals surface area (Å²) in [6.07, 6.45) is 3.45. The van der Waals surface area contributed by atoms with Gasteiger partial charge in [0, 0.05) is 0 Å². The average molecular weight is 291 g/mol. The van der Waals surface area contributed by atoms with Crippen LogP contribution in [0.5, 0.6) is 0 Å². The number of nitrogens with zero attached hydrogens (tertiary/aromatic N) is 2. The first-order chi connectivity index (χ1) is 7.25. The molecule has 1 aliphatic rings. The van der Waals surface area contributed by atoms with Crippen molar-refractivity contribution in [1.82, 2.24) is 15.5 Å². The van der Waals surface area contributed by atoms with E-state index in [-0.39, 0.29) is 0 Å². The maximum atomic E-state index is 5.79. The van der Waals surface area contributed by atoms with E-state index in [0.29, 0.717) is 5.15 Å². The Morgan fingerprint density at radius 1 is 1.40 bits per heavy atom. The summed E-state index contributed by atoms with van der Waals surface area (Å²) in [4.78, 5) is 0. The summed E-state index contributed by atoms with van der Waals surface area (Å²) in [5.74, 6) is 0.730. The van der Waals surface area contributed by atoms with Crippen LogP contribution in [0.4, 0.5) is 0 Å². The Bertz CT molecular complexity index is 339. The van der Waals surface area contributed by atoms with Gasteiger partial charge in [0.15, 0.2) is 5.15 Å². The maximum absolute atomic E-state index is 5.79. The van der Waals surface area contributed by atoms with Gasteiger partial charge in [0.05, 0.1) is 10.2 Å². The van der Waals surface area contributed by atoms with E-state index in [0.717, 1.165) is 35.6 Å². The van der Waals surface area contributed by atoms with E-state index in [1.807, 2.05) is 6.07 Å². The van der Waals surface area contributed by atoms with Gasteiger partial charge in [0.1, 0.15) is 0 Å². The number of halogens is 2. The Labute approximate surface area is 103 Å². The minimum absolute atomic E-state index is 0.434. The highest BCUT2D eigenvalue weighted by molar-refractivity contribution is 9.10. The van der Waals surface area contributed by atoms with Crippen molar-refractivity contribution < 1.29 is 0 Å². The third-order valence-electron chi connectivity index (χ3n) is 2.71. The smallest absolute Gasteiger partial charge is 0.165 e. The molecule has 0 radical (unpaired) electrons. The van der Waals surface area contributed by atoms with Crippen LogP contribution in [0.3, 0.4) is 0 Å². The largest absolute Gasteiger partial charge is 0.317 e. The SMILES string of the molecule is Clc1nnc(CC2CCNCC2)cc1Br. The van der Waals surface area contributed by atoms with Crippen molar-refractivity contribution in [1.29, 1.82) is 0 Å². The molecule has 3 nitrogen and oxygen atoms in total. The normalized spacial score (nSPS) is 18.0. The molecule has 0 aromatic carbocycles. The van der Waals surface area contributed by atoms with Gasteiger partial charge < -0.3 is 5.32 Å². The lowest BCUT2D eigenvalue weighted by Crippen LogP contribution is -2.28. The molecule has 1 N–H and O–H groups in total.